The number of carboxylic acid groups (broad SMARTS) is 1. The van der Waals surface area contributed by atoms with Gasteiger partial charge in [0.15, 0.2) is 0 Å². The standard InChI is InChI=1S/C19H27NO4/c1-13-6-4-5-7-16(13)24-12-17(21)20-15-10-8-14(9-11-15)19(2,3)18(22)23/h8-11,13,16H,4-7,12H2,1-3H3,(H,20,21)(H,22,23). The second kappa shape index (κ2) is 7.79. The Bertz CT molecular complexity index is 580. The van der Waals surface area contributed by atoms with Gasteiger partial charge < -0.3 is 15.2 Å². The van der Waals surface area contributed by atoms with Gasteiger partial charge in [-0.2, -0.15) is 0 Å². The van der Waals surface area contributed by atoms with Crippen molar-refractivity contribution in [1.29, 1.82) is 0 Å². The van der Waals surface area contributed by atoms with Crippen molar-refractivity contribution in [2.45, 2.75) is 58.0 Å². The van der Waals surface area contributed by atoms with Gasteiger partial charge in [-0.1, -0.05) is 31.9 Å². The van der Waals surface area contributed by atoms with Crippen LogP contribution in [0.15, 0.2) is 24.3 Å². The molecular formula is C19H27NO4. The van der Waals surface area contributed by atoms with Crippen LogP contribution in [0.3, 0.4) is 0 Å². The number of benzene rings is 1. The fourth-order valence-electron chi connectivity index (χ4n) is 3.00. The maximum atomic E-state index is 12.0. The molecule has 5 heteroatoms. The number of aliphatic carboxylic acids is 1. The number of carbonyl (C=O) groups is 2. The fraction of sp³-hybridized carbons (Fsp3) is 0.579. The third-order valence-electron chi connectivity index (χ3n) is 4.89. The first-order valence-electron chi connectivity index (χ1n) is 8.56. The number of ether oxygens (including phenoxy) is 1. The molecule has 1 aromatic carbocycles. The zero-order valence-electron chi connectivity index (χ0n) is 14.7. The largest absolute Gasteiger partial charge is 0.481 e. The van der Waals surface area contributed by atoms with Gasteiger partial charge in [-0.3, -0.25) is 9.59 Å². The molecule has 1 aliphatic carbocycles. The molecule has 0 spiro atoms. The van der Waals surface area contributed by atoms with Crippen LogP contribution in [-0.4, -0.2) is 29.7 Å². The van der Waals surface area contributed by atoms with E-state index in [-0.39, 0.29) is 18.6 Å². The summed E-state index contributed by atoms with van der Waals surface area (Å²) < 4.78 is 5.75. The number of carboxylic acids is 1. The van der Waals surface area contributed by atoms with Gasteiger partial charge in [-0.15, -0.1) is 0 Å². The van der Waals surface area contributed by atoms with E-state index in [4.69, 9.17) is 4.74 Å². The number of nitrogens with one attached hydrogen (secondary N) is 1. The Hall–Kier alpha value is -1.88. The molecule has 0 aromatic heterocycles. The number of hydrogen-bond acceptors (Lipinski definition) is 3. The van der Waals surface area contributed by atoms with Gasteiger partial charge in [0.2, 0.25) is 5.91 Å². The minimum absolute atomic E-state index is 0.0530. The molecule has 1 saturated carbocycles. The summed E-state index contributed by atoms with van der Waals surface area (Å²) in [5.41, 5.74) is 0.383. The lowest BCUT2D eigenvalue weighted by Crippen LogP contribution is -2.30. The molecule has 0 aliphatic heterocycles. The Morgan fingerprint density at radius 2 is 1.83 bits per heavy atom. The van der Waals surface area contributed by atoms with Gasteiger partial charge in [0.25, 0.3) is 0 Å². The highest BCUT2D eigenvalue weighted by Crippen LogP contribution is 2.26. The minimum atomic E-state index is -0.956. The quantitative estimate of drug-likeness (QED) is 0.834. The summed E-state index contributed by atoms with van der Waals surface area (Å²) in [6.07, 6.45) is 4.76. The highest BCUT2D eigenvalue weighted by atomic mass is 16.5. The normalized spacial score (nSPS) is 21.3. The van der Waals surface area contributed by atoms with Crippen molar-refractivity contribution in [3.8, 4) is 0 Å². The Kier molecular flexibility index (Phi) is 5.99. The summed E-state index contributed by atoms with van der Waals surface area (Å²) in [6.45, 7) is 5.53. The Balaban J connectivity index is 1.87. The lowest BCUT2D eigenvalue weighted by Gasteiger charge is -2.28. The molecule has 1 aromatic rings. The van der Waals surface area contributed by atoms with Crippen LogP contribution in [0.4, 0.5) is 5.69 Å². The molecule has 1 fully saturated rings. The monoisotopic (exact) mass is 333 g/mol. The van der Waals surface area contributed by atoms with E-state index in [0.717, 1.165) is 19.3 Å². The van der Waals surface area contributed by atoms with E-state index < -0.39 is 11.4 Å². The number of amides is 1. The molecule has 0 saturated heterocycles. The van der Waals surface area contributed by atoms with Crippen molar-refractivity contribution in [3.05, 3.63) is 29.8 Å². The van der Waals surface area contributed by atoms with Crippen LogP contribution in [0.25, 0.3) is 0 Å². The lowest BCUT2D eigenvalue weighted by molar-refractivity contribution is -0.142. The predicted molar refractivity (Wildman–Crippen MR) is 93.1 cm³/mol. The summed E-state index contributed by atoms with van der Waals surface area (Å²) in [5, 5.41) is 12.0. The molecule has 0 heterocycles. The van der Waals surface area contributed by atoms with E-state index in [1.54, 1.807) is 38.1 Å². The molecule has 2 rings (SSSR count). The van der Waals surface area contributed by atoms with Crippen molar-refractivity contribution in [2.75, 3.05) is 11.9 Å². The number of hydrogen-bond donors (Lipinski definition) is 2. The van der Waals surface area contributed by atoms with Crippen LogP contribution in [0, 0.1) is 5.92 Å². The van der Waals surface area contributed by atoms with Gasteiger partial charge in [-0.25, -0.2) is 0 Å². The molecule has 1 amide bonds. The molecule has 0 bridgehead atoms. The van der Waals surface area contributed by atoms with E-state index in [1.807, 2.05) is 0 Å². The third kappa shape index (κ3) is 4.57. The minimum Gasteiger partial charge on any atom is -0.481 e. The summed E-state index contributed by atoms with van der Waals surface area (Å²) in [5.74, 6) is -0.559. The van der Waals surface area contributed by atoms with Crippen LogP contribution in [-0.2, 0) is 19.7 Å². The van der Waals surface area contributed by atoms with E-state index in [9.17, 15) is 14.7 Å². The van der Waals surface area contributed by atoms with Gasteiger partial charge in [0.1, 0.15) is 6.61 Å². The number of carbonyl (C=O) groups excluding carboxylic acids is 1. The van der Waals surface area contributed by atoms with Crippen molar-refractivity contribution >= 4 is 17.6 Å². The highest BCUT2D eigenvalue weighted by Gasteiger charge is 2.29. The topological polar surface area (TPSA) is 75.6 Å². The van der Waals surface area contributed by atoms with E-state index in [2.05, 4.69) is 12.2 Å². The first-order chi connectivity index (χ1) is 11.3. The summed E-state index contributed by atoms with van der Waals surface area (Å²) in [6, 6.07) is 6.91. The predicted octanol–water partition coefficient (Wildman–Crippen LogP) is 3.58. The van der Waals surface area contributed by atoms with E-state index in [0.29, 0.717) is 17.2 Å². The van der Waals surface area contributed by atoms with E-state index in [1.165, 1.54) is 6.42 Å². The zero-order chi connectivity index (χ0) is 17.7. The average Bonchev–Trinajstić information content (AvgIpc) is 2.54. The molecule has 2 N–H and O–H groups in total. The molecule has 0 radical (unpaired) electrons. The van der Waals surface area contributed by atoms with E-state index >= 15 is 0 Å². The van der Waals surface area contributed by atoms with Gasteiger partial charge in [0.05, 0.1) is 11.5 Å². The number of rotatable bonds is 6. The molecular weight excluding hydrogens is 306 g/mol. The first-order valence-corrected chi connectivity index (χ1v) is 8.56. The van der Waals surface area contributed by atoms with Crippen LogP contribution < -0.4 is 5.32 Å². The highest BCUT2D eigenvalue weighted by molar-refractivity contribution is 5.91. The maximum Gasteiger partial charge on any atom is 0.313 e. The second-order valence-corrected chi connectivity index (χ2v) is 7.17. The molecule has 2 atom stereocenters. The molecule has 1 aliphatic rings. The second-order valence-electron chi connectivity index (χ2n) is 7.17. The molecule has 5 nitrogen and oxygen atoms in total. The van der Waals surface area contributed by atoms with Gasteiger partial charge >= 0.3 is 5.97 Å². The number of anilines is 1. The Labute approximate surface area is 143 Å². The van der Waals surface area contributed by atoms with Crippen LogP contribution in [0.2, 0.25) is 0 Å². The zero-order valence-corrected chi connectivity index (χ0v) is 14.7. The smallest absolute Gasteiger partial charge is 0.313 e. The van der Waals surface area contributed by atoms with Crippen LogP contribution in [0.5, 0.6) is 0 Å². The van der Waals surface area contributed by atoms with Crippen LogP contribution in [0.1, 0.15) is 52.0 Å². The van der Waals surface area contributed by atoms with Crippen molar-refractivity contribution in [1.82, 2.24) is 0 Å². The molecule has 2 unspecified atom stereocenters. The van der Waals surface area contributed by atoms with Gasteiger partial charge in [-0.05, 0) is 50.3 Å². The molecule has 132 valence electrons. The molecule has 24 heavy (non-hydrogen) atoms. The Morgan fingerprint density at radius 3 is 2.42 bits per heavy atom. The first kappa shape index (κ1) is 18.5. The van der Waals surface area contributed by atoms with Crippen LogP contribution >= 0.6 is 0 Å². The summed E-state index contributed by atoms with van der Waals surface area (Å²) in [4.78, 5) is 23.3. The SMILES string of the molecule is CC1CCCCC1OCC(=O)Nc1ccc(C(C)(C)C(=O)O)cc1. The fourth-order valence-corrected chi connectivity index (χ4v) is 3.00. The third-order valence-corrected chi connectivity index (χ3v) is 4.89. The van der Waals surface area contributed by atoms with Crippen molar-refractivity contribution < 1.29 is 19.4 Å². The maximum absolute atomic E-state index is 12.0. The van der Waals surface area contributed by atoms with Gasteiger partial charge in [0, 0.05) is 5.69 Å². The summed E-state index contributed by atoms with van der Waals surface area (Å²) in [7, 11) is 0. The summed E-state index contributed by atoms with van der Waals surface area (Å²) >= 11 is 0. The Morgan fingerprint density at radius 1 is 1.21 bits per heavy atom. The van der Waals surface area contributed by atoms with Crippen molar-refractivity contribution in [3.63, 3.8) is 0 Å². The average molecular weight is 333 g/mol. The van der Waals surface area contributed by atoms with Crippen molar-refractivity contribution in [2.24, 2.45) is 5.92 Å². The lowest BCUT2D eigenvalue weighted by atomic mass is 9.85.